The molecule has 7 heteroatoms. The van der Waals surface area contributed by atoms with E-state index in [9.17, 15) is 4.79 Å². The number of hydrogen-bond acceptors (Lipinski definition) is 6. The van der Waals surface area contributed by atoms with E-state index in [1.54, 1.807) is 23.1 Å². The average Bonchev–Trinajstić information content (AvgIpc) is 3.32. The van der Waals surface area contributed by atoms with Crippen molar-refractivity contribution in [1.29, 1.82) is 0 Å². The summed E-state index contributed by atoms with van der Waals surface area (Å²) in [7, 11) is 0. The van der Waals surface area contributed by atoms with Crippen molar-refractivity contribution in [1.82, 2.24) is 9.88 Å². The van der Waals surface area contributed by atoms with Gasteiger partial charge in [0, 0.05) is 37.1 Å². The van der Waals surface area contributed by atoms with E-state index in [0.717, 1.165) is 28.6 Å². The van der Waals surface area contributed by atoms with Gasteiger partial charge in [0.25, 0.3) is 0 Å². The van der Waals surface area contributed by atoms with E-state index in [1.807, 2.05) is 10.3 Å². The Morgan fingerprint density at radius 1 is 1.22 bits per heavy atom. The standard InChI is InChI=1S/C20H24N2O3S2/c1-15-2-4-16(5-3-15)13-26-19-21-17(14-27-19)12-18(23)22-8-6-20(7-9-22)24-10-11-25-20/h2-5,14H,6-13H2,1H3. The van der Waals surface area contributed by atoms with Crippen molar-refractivity contribution in [2.75, 3.05) is 26.3 Å². The second-order valence-electron chi connectivity index (χ2n) is 7.04. The van der Waals surface area contributed by atoms with E-state index < -0.39 is 5.79 Å². The van der Waals surface area contributed by atoms with Crippen LogP contribution in [0.3, 0.4) is 0 Å². The highest BCUT2D eigenvalue weighted by molar-refractivity contribution is 8.00. The van der Waals surface area contributed by atoms with Crippen LogP contribution in [0.5, 0.6) is 0 Å². The third-order valence-corrected chi connectivity index (χ3v) is 7.18. The molecule has 1 aromatic heterocycles. The molecule has 1 spiro atoms. The van der Waals surface area contributed by atoms with E-state index in [-0.39, 0.29) is 5.91 Å². The van der Waals surface area contributed by atoms with Crippen molar-refractivity contribution >= 4 is 29.0 Å². The first-order valence-electron chi connectivity index (χ1n) is 9.30. The summed E-state index contributed by atoms with van der Waals surface area (Å²) in [6.07, 6.45) is 1.89. The largest absolute Gasteiger partial charge is 0.347 e. The molecule has 5 nitrogen and oxygen atoms in total. The fraction of sp³-hybridized carbons (Fsp3) is 0.500. The van der Waals surface area contributed by atoms with Crippen molar-refractivity contribution < 1.29 is 14.3 Å². The molecule has 0 aliphatic carbocycles. The fourth-order valence-electron chi connectivity index (χ4n) is 3.41. The minimum Gasteiger partial charge on any atom is -0.347 e. The van der Waals surface area contributed by atoms with Gasteiger partial charge < -0.3 is 14.4 Å². The number of likely N-dealkylation sites (tertiary alicyclic amines) is 1. The molecule has 0 N–H and O–H groups in total. The summed E-state index contributed by atoms with van der Waals surface area (Å²) in [6.45, 7) is 4.80. The smallest absolute Gasteiger partial charge is 0.228 e. The average molecular weight is 405 g/mol. The number of benzene rings is 1. The van der Waals surface area contributed by atoms with E-state index in [4.69, 9.17) is 9.47 Å². The van der Waals surface area contributed by atoms with Crippen LogP contribution in [0.4, 0.5) is 0 Å². The molecule has 1 amide bonds. The van der Waals surface area contributed by atoms with Crippen molar-refractivity contribution in [2.45, 2.75) is 42.1 Å². The number of aromatic nitrogens is 1. The Labute approximate surface area is 168 Å². The Kier molecular flexibility index (Phi) is 5.82. The Balaban J connectivity index is 1.26. The van der Waals surface area contributed by atoms with Gasteiger partial charge in [-0.3, -0.25) is 4.79 Å². The Bertz CT molecular complexity index is 775. The zero-order chi connectivity index (χ0) is 18.7. The number of rotatable bonds is 5. The summed E-state index contributed by atoms with van der Waals surface area (Å²) >= 11 is 3.34. The minimum atomic E-state index is -0.433. The lowest BCUT2D eigenvalue weighted by Gasteiger charge is -2.37. The molecule has 0 saturated carbocycles. The predicted molar refractivity (Wildman–Crippen MR) is 107 cm³/mol. The number of thiazole rings is 1. The van der Waals surface area contributed by atoms with Gasteiger partial charge in [0.2, 0.25) is 5.91 Å². The quantitative estimate of drug-likeness (QED) is 0.712. The van der Waals surface area contributed by atoms with Crippen LogP contribution in [0.25, 0.3) is 0 Å². The summed E-state index contributed by atoms with van der Waals surface area (Å²) in [4.78, 5) is 19.1. The van der Waals surface area contributed by atoms with Crippen molar-refractivity contribution in [3.05, 3.63) is 46.5 Å². The van der Waals surface area contributed by atoms with Gasteiger partial charge in [0.1, 0.15) is 4.34 Å². The van der Waals surface area contributed by atoms with Crippen LogP contribution in [0.1, 0.15) is 29.7 Å². The van der Waals surface area contributed by atoms with Crippen molar-refractivity contribution in [3.8, 4) is 0 Å². The first-order chi connectivity index (χ1) is 13.1. The predicted octanol–water partition coefficient (Wildman–Crippen LogP) is 3.65. The van der Waals surface area contributed by atoms with Crippen LogP contribution in [0.15, 0.2) is 34.0 Å². The molecule has 2 aliphatic rings. The number of nitrogens with zero attached hydrogens (tertiary/aromatic N) is 2. The SMILES string of the molecule is Cc1ccc(CSc2nc(CC(=O)N3CCC4(CC3)OCCO4)cs2)cc1. The topological polar surface area (TPSA) is 51.7 Å². The first-order valence-corrected chi connectivity index (χ1v) is 11.2. The van der Waals surface area contributed by atoms with Gasteiger partial charge in [-0.2, -0.15) is 0 Å². The van der Waals surface area contributed by atoms with Crippen LogP contribution in [-0.2, 0) is 26.4 Å². The third-order valence-electron chi connectivity index (χ3n) is 5.04. The summed E-state index contributed by atoms with van der Waals surface area (Å²) in [5.74, 6) is 0.607. The monoisotopic (exact) mass is 404 g/mol. The zero-order valence-corrected chi connectivity index (χ0v) is 17.1. The third kappa shape index (κ3) is 4.71. The van der Waals surface area contributed by atoms with Crippen LogP contribution in [0.2, 0.25) is 0 Å². The molecule has 0 unspecified atom stereocenters. The number of piperidine rings is 1. The highest BCUT2D eigenvalue weighted by Crippen LogP contribution is 2.32. The van der Waals surface area contributed by atoms with Crippen LogP contribution in [-0.4, -0.2) is 47.9 Å². The molecule has 3 heterocycles. The van der Waals surface area contributed by atoms with E-state index >= 15 is 0 Å². The Hall–Kier alpha value is -1.41. The van der Waals surface area contributed by atoms with Gasteiger partial charge >= 0.3 is 0 Å². The Morgan fingerprint density at radius 3 is 2.63 bits per heavy atom. The molecule has 27 heavy (non-hydrogen) atoms. The number of hydrogen-bond donors (Lipinski definition) is 0. The number of carbonyl (C=O) groups is 1. The molecule has 144 valence electrons. The number of aryl methyl sites for hydroxylation is 1. The fourth-order valence-corrected chi connectivity index (χ4v) is 5.22. The van der Waals surface area contributed by atoms with Gasteiger partial charge in [-0.05, 0) is 12.5 Å². The van der Waals surface area contributed by atoms with Gasteiger partial charge in [-0.15, -0.1) is 11.3 Å². The van der Waals surface area contributed by atoms with E-state index in [2.05, 4.69) is 36.2 Å². The summed E-state index contributed by atoms with van der Waals surface area (Å²) in [5, 5.41) is 2.00. The lowest BCUT2D eigenvalue weighted by molar-refractivity contribution is -0.187. The lowest BCUT2D eigenvalue weighted by atomic mass is 10.0. The molecule has 0 bridgehead atoms. The molecule has 2 saturated heterocycles. The highest BCUT2D eigenvalue weighted by Gasteiger charge is 2.40. The van der Waals surface area contributed by atoms with Crippen molar-refractivity contribution in [2.24, 2.45) is 0 Å². The van der Waals surface area contributed by atoms with Crippen LogP contribution in [0, 0.1) is 6.92 Å². The first kappa shape index (κ1) is 18.9. The minimum absolute atomic E-state index is 0.142. The normalized spacial score (nSPS) is 18.9. The van der Waals surface area contributed by atoms with Crippen LogP contribution >= 0.6 is 23.1 Å². The second-order valence-corrected chi connectivity index (χ2v) is 9.12. The zero-order valence-electron chi connectivity index (χ0n) is 15.5. The second kappa shape index (κ2) is 8.31. The van der Waals surface area contributed by atoms with Crippen molar-refractivity contribution in [3.63, 3.8) is 0 Å². The molecular formula is C20H24N2O3S2. The van der Waals surface area contributed by atoms with Gasteiger partial charge in [0.05, 0.1) is 25.3 Å². The molecule has 2 aromatic rings. The maximum atomic E-state index is 12.6. The van der Waals surface area contributed by atoms with Gasteiger partial charge in [0.15, 0.2) is 5.79 Å². The number of amides is 1. The highest BCUT2D eigenvalue weighted by atomic mass is 32.2. The molecule has 0 radical (unpaired) electrons. The summed E-state index contributed by atoms with van der Waals surface area (Å²) < 4.78 is 12.5. The lowest BCUT2D eigenvalue weighted by Crippen LogP contribution is -2.47. The molecule has 0 atom stereocenters. The number of thioether (sulfide) groups is 1. The molecule has 2 aliphatic heterocycles. The van der Waals surface area contributed by atoms with E-state index in [1.165, 1.54) is 11.1 Å². The number of ether oxygens (including phenoxy) is 2. The maximum Gasteiger partial charge on any atom is 0.228 e. The van der Waals surface area contributed by atoms with Crippen LogP contribution < -0.4 is 0 Å². The van der Waals surface area contributed by atoms with Gasteiger partial charge in [-0.1, -0.05) is 41.6 Å². The van der Waals surface area contributed by atoms with Gasteiger partial charge in [-0.25, -0.2) is 4.98 Å². The van der Waals surface area contributed by atoms with E-state index in [0.29, 0.717) is 32.7 Å². The number of carbonyl (C=O) groups excluding carboxylic acids is 1. The summed E-state index contributed by atoms with van der Waals surface area (Å²) in [6, 6.07) is 8.57. The molecular weight excluding hydrogens is 380 g/mol. The molecule has 2 fully saturated rings. The molecule has 4 rings (SSSR count). The Morgan fingerprint density at radius 2 is 1.93 bits per heavy atom. The summed E-state index contributed by atoms with van der Waals surface area (Å²) in [5.41, 5.74) is 3.43. The molecule has 1 aromatic carbocycles. The maximum absolute atomic E-state index is 12.6.